The highest BCUT2D eigenvalue weighted by Gasteiger charge is 2.60. The molecule has 0 aromatic rings. The van der Waals surface area contributed by atoms with Crippen LogP contribution in [-0.4, -0.2) is 51.7 Å². The molecular formula is C8H13BO4. The van der Waals surface area contributed by atoms with Crippen molar-refractivity contribution in [3.8, 4) is 0 Å². The van der Waals surface area contributed by atoms with E-state index in [4.69, 9.17) is 18.9 Å². The summed E-state index contributed by atoms with van der Waals surface area (Å²) in [6.45, 7) is 1.85. The average Bonchev–Trinajstić information content (AvgIpc) is 2.35. The number of hydrogen-bond acceptors (Lipinski definition) is 4. The first kappa shape index (κ1) is 8.23. The highest BCUT2D eigenvalue weighted by molar-refractivity contribution is 6.12. The lowest BCUT2D eigenvalue weighted by Gasteiger charge is -2.45. The van der Waals surface area contributed by atoms with Gasteiger partial charge in [0.05, 0.1) is 19.2 Å². The van der Waals surface area contributed by atoms with E-state index in [0.29, 0.717) is 13.4 Å². The topological polar surface area (TPSA) is 36.9 Å². The molecule has 3 aliphatic heterocycles. The summed E-state index contributed by atoms with van der Waals surface area (Å²) in [6, 6.07) is 0.137. The predicted molar refractivity (Wildman–Crippen MR) is 46.2 cm³/mol. The molecule has 0 saturated carbocycles. The maximum Gasteiger partial charge on any atom is 0.147 e. The fourth-order valence-electron chi connectivity index (χ4n) is 2.54. The SMILES string of the molecule is BC1OC2COCO[C@H]2[C@@]12CCO2. The molecule has 0 aliphatic carbocycles. The zero-order valence-electron chi connectivity index (χ0n) is 7.69. The monoisotopic (exact) mass is 184 g/mol. The molecule has 0 aromatic heterocycles. The Balaban J connectivity index is 1.86. The lowest BCUT2D eigenvalue weighted by atomic mass is 9.75. The fraction of sp³-hybridized carbons (Fsp3) is 1.00. The third-order valence-electron chi connectivity index (χ3n) is 3.36. The van der Waals surface area contributed by atoms with Crippen LogP contribution in [0.15, 0.2) is 0 Å². The zero-order chi connectivity index (χ0) is 8.89. The summed E-state index contributed by atoms with van der Waals surface area (Å²) < 4.78 is 22.2. The van der Waals surface area contributed by atoms with Gasteiger partial charge in [0.2, 0.25) is 0 Å². The molecule has 0 amide bonds. The Bertz CT molecular complexity index is 218. The van der Waals surface area contributed by atoms with Crippen LogP contribution in [0.1, 0.15) is 6.42 Å². The number of rotatable bonds is 0. The summed E-state index contributed by atoms with van der Waals surface area (Å²) >= 11 is 0. The van der Waals surface area contributed by atoms with Gasteiger partial charge >= 0.3 is 0 Å². The van der Waals surface area contributed by atoms with Gasteiger partial charge in [-0.25, -0.2) is 0 Å². The van der Waals surface area contributed by atoms with Gasteiger partial charge in [-0.05, 0) is 0 Å². The van der Waals surface area contributed by atoms with Crippen LogP contribution in [0.3, 0.4) is 0 Å². The molecule has 0 bridgehead atoms. The van der Waals surface area contributed by atoms with Crippen molar-refractivity contribution in [1.29, 1.82) is 0 Å². The normalized spacial score (nSPS) is 54.6. The second kappa shape index (κ2) is 2.70. The van der Waals surface area contributed by atoms with Gasteiger partial charge < -0.3 is 18.9 Å². The minimum absolute atomic E-state index is 0.0732. The van der Waals surface area contributed by atoms with Gasteiger partial charge in [0.15, 0.2) is 0 Å². The van der Waals surface area contributed by atoms with Crippen LogP contribution in [0.5, 0.6) is 0 Å². The van der Waals surface area contributed by atoms with Crippen molar-refractivity contribution >= 4 is 7.85 Å². The van der Waals surface area contributed by atoms with Gasteiger partial charge in [0.1, 0.15) is 32.4 Å². The lowest BCUT2D eigenvalue weighted by Crippen LogP contribution is -2.60. The number of fused-ring (bicyclic) bond motifs is 2. The smallest absolute Gasteiger partial charge is 0.147 e. The lowest BCUT2D eigenvalue weighted by molar-refractivity contribution is -0.246. The van der Waals surface area contributed by atoms with Crippen molar-refractivity contribution in [3.05, 3.63) is 0 Å². The Labute approximate surface area is 77.9 Å². The van der Waals surface area contributed by atoms with Gasteiger partial charge in [0, 0.05) is 6.42 Å². The zero-order valence-corrected chi connectivity index (χ0v) is 7.69. The Hall–Kier alpha value is -0.0951. The molecule has 2 unspecified atom stereocenters. The molecule has 1 spiro atoms. The number of hydrogen-bond donors (Lipinski definition) is 0. The molecule has 72 valence electrons. The van der Waals surface area contributed by atoms with E-state index in [1.54, 1.807) is 0 Å². The van der Waals surface area contributed by atoms with Crippen LogP contribution in [0.2, 0.25) is 0 Å². The summed E-state index contributed by atoms with van der Waals surface area (Å²) in [5, 5.41) is 0. The second-order valence-electron chi connectivity index (χ2n) is 3.95. The van der Waals surface area contributed by atoms with E-state index in [1.165, 1.54) is 0 Å². The van der Waals surface area contributed by atoms with E-state index in [-0.39, 0.29) is 23.8 Å². The van der Waals surface area contributed by atoms with E-state index in [1.807, 2.05) is 0 Å². The van der Waals surface area contributed by atoms with E-state index < -0.39 is 0 Å². The average molecular weight is 184 g/mol. The molecule has 5 heteroatoms. The van der Waals surface area contributed by atoms with E-state index in [0.717, 1.165) is 13.0 Å². The Morgan fingerprint density at radius 3 is 2.92 bits per heavy atom. The molecule has 13 heavy (non-hydrogen) atoms. The molecule has 0 N–H and O–H groups in total. The van der Waals surface area contributed by atoms with Gasteiger partial charge in [0.25, 0.3) is 0 Å². The molecule has 4 nitrogen and oxygen atoms in total. The van der Waals surface area contributed by atoms with Crippen molar-refractivity contribution in [2.24, 2.45) is 0 Å². The van der Waals surface area contributed by atoms with Gasteiger partial charge in [-0.2, -0.15) is 0 Å². The molecule has 4 atom stereocenters. The first-order valence-electron chi connectivity index (χ1n) is 4.82. The molecule has 3 saturated heterocycles. The predicted octanol–water partition coefficient (Wildman–Crippen LogP) is -1.12. The van der Waals surface area contributed by atoms with Crippen molar-refractivity contribution < 1.29 is 18.9 Å². The van der Waals surface area contributed by atoms with E-state index in [9.17, 15) is 0 Å². The Morgan fingerprint density at radius 2 is 2.23 bits per heavy atom. The van der Waals surface area contributed by atoms with Gasteiger partial charge in [-0.15, -0.1) is 0 Å². The van der Waals surface area contributed by atoms with Crippen LogP contribution in [0, 0.1) is 0 Å². The van der Waals surface area contributed by atoms with Crippen molar-refractivity contribution in [2.45, 2.75) is 30.2 Å². The minimum Gasteiger partial charge on any atom is -0.376 e. The summed E-state index contributed by atoms with van der Waals surface area (Å²) in [6.07, 6.45) is 1.21. The summed E-state index contributed by atoms with van der Waals surface area (Å²) in [5.74, 6) is 0. The van der Waals surface area contributed by atoms with Crippen LogP contribution < -0.4 is 0 Å². The van der Waals surface area contributed by atoms with E-state index >= 15 is 0 Å². The first-order chi connectivity index (χ1) is 6.33. The van der Waals surface area contributed by atoms with Crippen LogP contribution in [0.25, 0.3) is 0 Å². The van der Waals surface area contributed by atoms with E-state index in [2.05, 4.69) is 7.85 Å². The van der Waals surface area contributed by atoms with Crippen molar-refractivity contribution in [2.75, 3.05) is 20.0 Å². The molecule has 0 radical (unpaired) electrons. The molecule has 3 fully saturated rings. The third-order valence-corrected chi connectivity index (χ3v) is 3.36. The summed E-state index contributed by atoms with van der Waals surface area (Å²) in [5.41, 5.74) is -0.158. The van der Waals surface area contributed by atoms with Gasteiger partial charge in [-0.3, -0.25) is 0 Å². The highest BCUT2D eigenvalue weighted by Crippen LogP contribution is 2.44. The first-order valence-corrected chi connectivity index (χ1v) is 4.82. The fourth-order valence-corrected chi connectivity index (χ4v) is 2.54. The van der Waals surface area contributed by atoms with Crippen molar-refractivity contribution in [3.63, 3.8) is 0 Å². The quantitative estimate of drug-likeness (QED) is 0.446. The molecule has 3 heterocycles. The highest BCUT2D eigenvalue weighted by atomic mass is 16.7. The summed E-state index contributed by atoms with van der Waals surface area (Å²) in [7, 11) is 2.06. The summed E-state index contributed by atoms with van der Waals surface area (Å²) in [4.78, 5) is 0. The maximum atomic E-state index is 5.75. The van der Waals surface area contributed by atoms with Crippen molar-refractivity contribution in [1.82, 2.24) is 0 Å². The molecule has 0 aromatic carbocycles. The second-order valence-corrected chi connectivity index (χ2v) is 3.95. The maximum absolute atomic E-state index is 5.75. The largest absolute Gasteiger partial charge is 0.376 e. The van der Waals surface area contributed by atoms with Crippen LogP contribution in [-0.2, 0) is 18.9 Å². The Kier molecular flexibility index (Phi) is 1.71. The van der Waals surface area contributed by atoms with Crippen LogP contribution in [0.4, 0.5) is 0 Å². The number of ether oxygens (including phenoxy) is 4. The molecular weight excluding hydrogens is 171 g/mol. The Morgan fingerprint density at radius 1 is 1.38 bits per heavy atom. The molecule has 3 aliphatic rings. The third kappa shape index (κ3) is 0.959. The standard InChI is InChI=1S/C8H13BO4/c9-7-8(1-2-12-8)6-5(13-7)3-10-4-11-6/h5-7H,1-4,9H2/t5?,6-,7?,8+/m1/s1. The van der Waals surface area contributed by atoms with Crippen LogP contribution >= 0.6 is 0 Å². The minimum atomic E-state index is -0.158. The van der Waals surface area contributed by atoms with Gasteiger partial charge in [-0.1, -0.05) is 0 Å². The molecule has 3 rings (SSSR count).